The fourth-order valence-electron chi connectivity index (χ4n) is 2.49. The Bertz CT molecular complexity index is 973. The van der Waals surface area contributed by atoms with Crippen molar-refractivity contribution in [3.05, 3.63) is 70.7 Å². The zero-order valence-electron chi connectivity index (χ0n) is 13.8. The fourth-order valence-corrected chi connectivity index (χ4v) is 2.49. The summed E-state index contributed by atoms with van der Waals surface area (Å²) < 4.78 is 0. The molecule has 0 saturated heterocycles. The Morgan fingerprint density at radius 3 is 1.48 bits per heavy atom. The Morgan fingerprint density at radius 2 is 1.08 bits per heavy atom. The first-order chi connectivity index (χ1) is 11.6. The van der Waals surface area contributed by atoms with Gasteiger partial charge in [-0.1, -0.05) is 50.2 Å². The summed E-state index contributed by atoms with van der Waals surface area (Å²) >= 11 is 9.36. The van der Waals surface area contributed by atoms with E-state index in [1.807, 2.05) is 38.4 Å². The number of allylic oxidation sites excluding steroid dienone is 2. The molecule has 0 fully saturated rings. The van der Waals surface area contributed by atoms with E-state index in [0.29, 0.717) is 0 Å². The number of benzene rings is 2. The first-order valence-electron chi connectivity index (χ1n) is 7.60. The minimum absolute atomic E-state index is 0. The molecule has 4 rings (SSSR count). The number of aromatic nitrogens is 2. The van der Waals surface area contributed by atoms with Gasteiger partial charge in [-0.2, -0.15) is 0 Å². The zero-order chi connectivity index (χ0) is 17.1. The first kappa shape index (κ1) is 19.7. The van der Waals surface area contributed by atoms with Crippen molar-refractivity contribution in [2.24, 2.45) is 0 Å². The number of pyridine rings is 2. The molecule has 2 nitrogen and oxygen atoms in total. The van der Waals surface area contributed by atoms with E-state index in [9.17, 15) is 0 Å². The van der Waals surface area contributed by atoms with E-state index in [1.165, 1.54) is 5.39 Å². The Hall–Kier alpha value is -1.61. The molecule has 0 bridgehead atoms. The Kier molecular flexibility index (Phi) is 6.83. The number of hydrogen-bond acceptors (Lipinski definition) is 4. The molecule has 0 atom stereocenters. The van der Waals surface area contributed by atoms with Gasteiger partial charge in [-0.25, -0.2) is 9.81 Å². The van der Waals surface area contributed by atoms with Crippen LogP contribution in [0.3, 0.4) is 0 Å². The number of rotatable bonds is 0. The molecule has 0 aliphatic heterocycles. The van der Waals surface area contributed by atoms with Crippen molar-refractivity contribution in [3.8, 4) is 0 Å². The van der Waals surface area contributed by atoms with Gasteiger partial charge in [0.2, 0.25) is 0 Å². The Labute approximate surface area is 172 Å². The van der Waals surface area contributed by atoms with Crippen LogP contribution in [-0.4, -0.2) is 9.97 Å². The van der Waals surface area contributed by atoms with Gasteiger partial charge in [-0.05, 0) is 17.5 Å². The molecule has 2 heterocycles. The average molecular weight is 544 g/mol. The van der Waals surface area contributed by atoms with Crippen LogP contribution in [0.5, 0.6) is 0 Å². The van der Waals surface area contributed by atoms with E-state index in [2.05, 4.69) is 71.6 Å². The second-order valence-corrected chi connectivity index (χ2v) is 6.72. The molecule has 0 N–H and O–H groups in total. The van der Waals surface area contributed by atoms with Crippen molar-refractivity contribution in [2.45, 2.75) is 13.8 Å². The van der Waals surface area contributed by atoms with Crippen LogP contribution in [0.15, 0.2) is 70.7 Å². The molecule has 25 heavy (non-hydrogen) atoms. The van der Waals surface area contributed by atoms with Gasteiger partial charge < -0.3 is 25.3 Å². The minimum atomic E-state index is 0. The summed E-state index contributed by atoms with van der Waals surface area (Å²) in [5, 5.41) is 4.64. The smallest absolute Gasteiger partial charge is 0.786 e. The van der Waals surface area contributed by atoms with Gasteiger partial charge in [-0.3, -0.25) is 9.97 Å². The van der Waals surface area contributed by atoms with Crippen molar-refractivity contribution in [3.63, 3.8) is 0 Å². The predicted octanol–water partition coefficient (Wildman–Crippen LogP) is 5.27. The van der Waals surface area contributed by atoms with Crippen LogP contribution in [0.4, 0.5) is 0 Å². The summed E-state index contributed by atoms with van der Waals surface area (Å²) in [6.45, 7) is 3.66. The molecule has 0 amide bonds. The van der Waals surface area contributed by atoms with Crippen LogP contribution in [0.25, 0.3) is 32.6 Å². The van der Waals surface area contributed by atoms with E-state index >= 15 is 0 Å². The maximum Gasteiger partial charge on any atom is 2.00 e. The molecule has 0 unspecified atom stereocenters. The molecule has 2 aromatic heterocycles. The van der Waals surface area contributed by atoms with Crippen LogP contribution in [0.2, 0.25) is 0 Å². The molecule has 0 radical (unpaired) electrons. The van der Waals surface area contributed by atoms with E-state index in [0.717, 1.165) is 37.0 Å². The van der Waals surface area contributed by atoms with Crippen molar-refractivity contribution in [1.29, 1.82) is 0 Å². The van der Waals surface area contributed by atoms with Gasteiger partial charge in [0.05, 0.1) is 11.0 Å². The normalized spacial score (nSPS) is 11.4. The zero-order valence-corrected chi connectivity index (χ0v) is 17.7. The molecular weight excluding hydrogens is 527 g/mol. The average Bonchev–Trinajstić information content (AvgIpc) is 2.61. The first-order valence-corrected chi connectivity index (χ1v) is 8.42. The molecule has 0 spiro atoms. The fraction of sp³-hybridized carbons (Fsp3) is 0.100. The molecule has 0 aliphatic rings. The number of hydrogen-bond donors (Lipinski definition) is 0. The molecule has 128 valence electrons. The second-order valence-electron chi connectivity index (χ2n) is 5.49. The molecule has 4 aromatic rings. The van der Waals surface area contributed by atoms with E-state index in [1.54, 1.807) is 0 Å². The SMILES string of the molecule is C/C([S-])=C(\C)[S-].[Pt+2].c1cnc2c(c1)ccc1ccc3cccnc3c12. The van der Waals surface area contributed by atoms with E-state index in [4.69, 9.17) is 0 Å². The van der Waals surface area contributed by atoms with Gasteiger partial charge >= 0.3 is 21.1 Å². The standard InChI is InChI=1S/C16H10N2.C4H8S2.Pt/c1-3-12-7-5-11-6-8-13-4-2-10-18-16(13)14(11)15(12)17-9-1;1-3(5)4(2)6;/h1-10H;5-6H,1-2H3;/q;;+2/p-2/b;4-3-;. The third kappa shape index (κ3) is 4.32. The van der Waals surface area contributed by atoms with Gasteiger partial charge in [0, 0.05) is 28.6 Å². The van der Waals surface area contributed by atoms with Crippen molar-refractivity contribution in [1.82, 2.24) is 9.97 Å². The second kappa shape index (κ2) is 8.66. The van der Waals surface area contributed by atoms with Crippen LogP contribution in [0.1, 0.15) is 13.8 Å². The summed E-state index contributed by atoms with van der Waals surface area (Å²) in [7, 11) is 0. The van der Waals surface area contributed by atoms with Gasteiger partial charge in [0.15, 0.2) is 0 Å². The van der Waals surface area contributed by atoms with Crippen LogP contribution >= 0.6 is 0 Å². The molecule has 0 aliphatic carbocycles. The van der Waals surface area contributed by atoms with Gasteiger partial charge in [0.25, 0.3) is 0 Å². The Balaban J connectivity index is 0.000000283. The van der Waals surface area contributed by atoms with E-state index < -0.39 is 0 Å². The predicted molar refractivity (Wildman–Crippen MR) is 108 cm³/mol. The van der Waals surface area contributed by atoms with E-state index in [-0.39, 0.29) is 21.1 Å². The maximum absolute atomic E-state index is 4.68. The number of fused-ring (bicyclic) bond motifs is 5. The summed E-state index contributed by atoms with van der Waals surface area (Å²) in [5.74, 6) is 0. The van der Waals surface area contributed by atoms with Crippen LogP contribution in [0, 0.1) is 0 Å². The molecule has 5 heteroatoms. The van der Waals surface area contributed by atoms with Gasteiger partial charge in [0.1, 0.15) is 0 Å². The third-order valence-electron chi connectivity index (χ3n) is 3.82. The molecule has 0 saturated carbocycles. The monoisotopic (exact) mass is 543 g/mol. The minimum Gasteiger partial charge on any atom is -0.786 e. The Morgan fingerprint density at radius 1 is 0.680 bits per heavy atom. The van der Waals surface area contributed by atoms with Crippen molar-refractivity contribution >= 4 is 57.8 Å². The van der Waals surface area contributed by atoms with Crippen LogP contribution in [-0.2, 0) is 46.3 Å². The quantitative estimate of drug-likeness (QED) is 0.223. The summed E-state index contributed by atoms with van der Waals surface area (Å²) in [5.41, 5.74) is 2.05. The topological polar surface area (TPSA) is 25.8 Å². The van der Waals surface area contributed by atoms with Gasteiger partial charge in [-0.15, -0.1) is 0 Å². The third-order valence-corrected chi connectivity index (χ3v) is 4.56. The summed E-state index contributed by atoms with van der Waals surface area (Å²) in [6.07, 6.45) is 3.67. The van der Waals surface area contributed by atoms with Crippen LogP contribution < -0.4 is 0 Å². The van der Waals surface area contributed by atoms with Crippen molar-refractivity contribution in [2.75, 3.05) is 0 Å². The number of nitrogens with zero attached hydrogens (tertiary/aromatic N) is 2. The summed E-state index contributed by atoms with van der Waals surface area (Å²) in [6, 6.07) is 16.6. The largest absolute Gasteiger partial charge is 2.00 e. The maximum atomic E-state index is 4.68. The molecular formula is C20H16N2PtS2. The molecule has 2 aromatic carbocycles. The van der Waals surface area contributed by atoms with Crippen molar-refractivity contribution < 1.29 is 21.1 Å². The summed E-state index contributed by atoms with van der Waals surface area (Å²) in [4.78, 5) is 10.7.